The number of methoxy groups -OCH3 is 1. The first kappa shape index (κ1) is 25.2. The first-order valence-electron chi connectivity index (χ1n) is 12.0. The Kier molecular flexibility index (Phi) is 7.72. The molecule has 0 bridgehead atoms. The number of hydrogen-bond donors (Lipinski definition) is 2. The Hall–Kier alpha value is -3.42. The van der Waals surface area contributed by atoms with Crippen molar-refractivity contribution in [3.05, 3.63) is 105 Å². The summed E-state index contributed by atoms with van der Waals surface area (Å²) >= 11 is 5.09. The third-order valence-corrected chi connectivity index (χ3v) is 7.88. The van der Waals surface area contributed by atoms with Gasteiger partial charge in [-0.2, -0.15) is 0 Å². The molecule has 4 aromatic rings. The van der Waals surface area contributed by atoms with Crippen LogP contribution in [-0.4, -0.2) is 18.5 Å². The lowest BCUT2D eigenvalue weighted by Crippen LogP contribution is -2.30. The van der Waals surface area contributed by atoms with Crippen LogP contribution in [-0.2, 0) is 17.8 Å². The average molecular weight is 576 g/mol. The third kappa shape index (κ3) is 5.95. The van der Waals surface area contributed by atoms with Gasteiger partial charge in [0.15, 0.2) is 17.0 Å². The molecule has 0 saturated carbocycles. The van der Waals surface area contributed by atoms with Crippen LogP contribution in [0.5, 0.6) is 11.5 Å². The molecule has 7 heteroatoms. The topological polar surface area (TPSA) is 59.6 Å². The van der Waals surface area contributed by atoms with Crippen molar-refractivity contribution in [2.24, 2.45) is 0 Å². The van der Waals surface area contributed by atoms with E-state index in [-0.39, 0.29) is 11.4 Å². The van der Waals surface area contributed by atoms with Crippen LogP contribution in [0.4, 0.5) is 5.69 Å². The van der Waals surface area contributed by atoms with E-state index in [9.17, 15) is 4.79 Å². The van der Waals surface area contributed by atoms with Gasteiger partial charge in [-0.3, -0.25) is 4.79 Å². The van der Waals surface area contributed by atoms with Crippen LogP contribution >= 0.6 is 27.7 Å². The predicted octanol–water partition coefficient (Wildman–Crippen LogP) is 7.35. The predicted molar refractivity (Wildman–Crippen MR) is 156 cm³/mol. The highest BCUT2D eigenvalue weighted by atomic mass is 79.9. The molecule has 2 N–H and O–H groups in total. The van der Waals surface area contributed by atoms with E-state index in [1.54, 1.807) is 7.11 Å². The van der Waals surface area contributed by atoms with Gasteiger partial charge in [-0.15, -0.1) is 0 Å². The van der Waals surface area contributed by atoms with Crippen molar-refractivity contribution in [1.29, 1.82) is 0 Å². The average Bonchev–Trinajstić information content (AvgIpc) is 3.26. The maximum Gasteiger partial charge on any atom is 0.260 e. The third-order valence-electron chi connectivity index (χ3n) is 6.17. The van der Waals surface area contributed by atoms with Gasteiger partial charge in [-0.05, 0) is 70.3 Å². The molecule has 1 saturated heterocycles. The Bertz CT molecular complexity index is 1470. The molecule has 5 nitrogen and oxygen atoms in total. The summed E-state index contributed by atoms with van der Waals surface area (Å²) in [6.07, 6.45) is 2.86. The number of rotatable bonds is 8. The van der Waals surface area contributed by atoms with Crippen molar-refractivity contribution in [3.63, 3.8) is 0 Å². The largest absolute Gasteiger partial charge is 0.493 e. The fraction of sp³-hybridized carbons (Fsp3) is 0.167. The molecule has 1 fully saturated rings. The highest BCUT2D eigenvalue weighted by Gasteiger charge is 2.27. The monoisotopic (exact) mass is 574 g/mol. The molecular formula is C30H27BrN2O3S. The van der Waals surface area contributed by atoms with Crippen molar-refractivity contribution >= 4 is 56.1 Å². The maximum atomic E-state index is 12.7. The van der Waals surface area contributed by atoms with E-state index in [1.807, 2.05) is 42.5 Å². The number of carbonyl (C=O) groups is 1. The van der Waals surface area contributed by atoms with Gasteiger partial charge in [-0.25, -0.2) is 0 Å². The Labute approximate surface area is 229 Å². The van der Waals surface area contributed by atoms with E-state index in [2.05, 4.69) is 76.0 Å². The quantitative estimate of drug-likeness (QED) is 0.215. The maximum absolute atomic E-state index is 12.7. The van der Waals surface area contributed by atoms with Gasteiger partial charge < -0.3 is 20.1 Å². The molecule has 0 aromatic heterocycles. The van der Waals surface area contributed by atoms with Crippen molar-refractivity contribution in [1.82, 2.24) is 5.32 Å². The number of ether oxygens (including phenoxy) is 2. The lowest BCUT2D eigenvalue weighted by atomic mass is 10.1. The molecule has 0 unspecified atom stereocenters. The summed E-state index contributed by atoms with van der Waals surface area (Å²) < 4.78 is 12.5. The van der Waals surface area contributed by atoms with Crippen LogP contribution < -0.4 is 20.1 Å². The fourth-order valence-corrected chi connectivity index (χ4v) is 5.53. The normalized spacial score (nSPS) is 16.1. The number of aryl methyl sites for hydroxylation is 1. The summed E-state index contributed by atoms with van der Waals surface area (Å²) in [5, 5.41) is 8.72. The number of benzene rings is 4. The summed E-state index contributed by atoms with van der Waals surface area (Å²) in [6.45, 7) is 2.54. The molecule has 1 amide bonds. The van der Waals surface area contributed by atoms with Gasteiger partial charge in [0, 0.05) is 10.2 Å². The molecular weight excluding hydrogens is 548 g/mol. The smallest absolute Gasteiger partial charge is 0.260 e. The first-order valence-corrected chi connectivity index (χ1v) is 13.7. The molecule has 0 aliphatic carbocycles. The van der Waals surface area contributed by atoms with Crippen molar-refractivity contribution in [2.75, 3.05) is 12.4 Å². The number of halogens is 1. The molecule has 1 aliphatic rings. The standard InChI is InChI=1S/C30H27BrN2O3S/c1-3-19-9-12-24(13-10-19)32-30-33-29(34)28(37-30)16-23-15-26(35-2)27(17-25(23)31)36-18-20-8-11-21-6-4-5-7-22(21)14-20/h4-17,30,32H,3,18H2,1-2H3,(H,33,34)/b28-16-/t30-/m1/s1. The second-order valence-corrected chi connectivity index (χ2v) is 10.7. The van der Waals surface area contributed by atoms with Gasteiger partial charge in [0.25, 0.3) is 5.91 Å². The number of nitrogens with one attached hydrogen (secondary N) is 2. The number of thioether (sulfide) groups is 1. The van der Waals surface area contributed by atoms with E-state index >= 15 is 0 Å². The van der Waals surface area contributed by atoms with Crippen LogP contribution in [0.2, 0.25) is 0 Å². The number of amides is 1. The highest BCUT2D eigenvalue weighted by molar-refractivity contribution is 9.10. The second kappa shape index (κ2) is 11.3. The number of fused-ring (bicyclic) bond motifs is 1. The summed E-state index contributed by atoms with van der Waals surface area (Å²) in [4.78, 5) is 13.3. The van der Waals surface area contributed by atoms with Gasteiger partial charge in [0.2, 0.25) is 0 Å². The lowest BCUT2D eigenvalue weighted by Gasteiger charge is -2.14. The Morgan fingerprint density at radius 2 is 1.73 bits per heavy atom. The molecule has 4 aromatic carbocycles. The van der Waals surface area contributed by atoms with E-state index < -0.39 is 0 Å². The van der Waals surface area contributed by atoms with Crippen molar-refractivity contribution in [3.8, 4) is 11.5 Å². The summed E-state index contributed by atoms with van der Waals surface area (Å²) in [6, 6.07) is 26.6. The SMILES string of the molecule is CCc1ccc(N[C@@H]2NC(=O)/C(=C/c3cc(OC)c(OCc4ccc5ccccc5c4)cc3Br)S2)cc1. The minimum absolute atomic E-state index is 0.116. The lowest BCUT2D eigenvalue weighted by molar-refractivity contribution is -0.116. The summed E-state index contributed by atoms with van der Waals surface area (Å²) in [5.41, 5.74) is 3.91. The van der Waals surface area contributed by atoms with Gasteiger partial charge >= 0.3 is 0 Å². The molecule has 1 atom stereocenters. The fourth-order valence-electron chi connectivity index (χ4n) is 4.12. The zero-order chi connectivity index (χ0) is 25.8. The van der Waals surface area contributed by atoms with E-state index in [1.165, 1.54) is 28.1 Å². The Balaban J connectivity index is 1.29. The molecule has 1 aliphatic heterocycles. The van der Waals surface area contributed by atoms with Crippen LogP contribution in [0.3, 0.4) is 0 Å². The van der Waals surface area contributed by atoms with E-state index in [0.717, 1.165) is 27.7 Å². The van der Waals surface area contributed by atoms with Crippen LogP contribution in [0.1, 0.15) is 23.6 Å². The number of anilines is 1. The van der Waals surface area contributed by atoms with Crippen LogP contribution in [0, 0.1) is 0 Å². The molecule has 5 rings (SSSR count). The second-order valence-electron chi connectivity index (χ2n) is 8.67. The zero-order valence-electron chi connectivity index (χ0n) is 20.6. The Morgan fingerprint density at radius 3 is 2.49 bits per heavy atom. The van der Waals surface area contributed by atoms with E-state index in [0.29, 0.717) is 23.0 Å². The van der Waals surface area contributed by atoms with Crippen molar-refractivity contribution < 1.29 is 14.3 Å². The molecule has 0 spiro atoms. The zero-order valence-corrected chi connectivity index (χ0v) is 23.0. The van der Waals surface area contributed by atoms with Crippen LogP contribution in [0.15, 0.2) is 88.2 Å². The number of carbonyl (C=O) groups excluding carboxylic acids is 1. The summed E-state index contributed by atoms with van der Waals surface area (Å²) in [5.74, 6) is 1.11. The Morgan fingerprint density at radius 1 is 0.973 bits per heavy atom. The molecule has 1 heterocycles. The number of hydrogen-bond acceptors (Lipinski definition) is 5. The van der Waals surface area contributed by atoms with Gasteiger partial charge in [0.05, 0.1) is 12.0 Å². The molecule has 37 heavy (non-hydrogen) atoms. The van der Waals surface area contributed by atoms with Crippen LogP contribution in [0.25, 0.3) is 16.8 Å². The highest BCUT2D eigenvalue weighted by Crippen LogP contribution is 2.37. The van der Waals surface area contributed by atoms with Crippen molar-refractivity contribution in [2.45, 2.75) is 25.4 Å². The van der Waals surface area contributed by atoms with E-state index in [4.69, 9.17) is 9.47 Å². The minimum atomic E-state index is -0.239. The first-order chi connectivity index (χ1) is 18.0. The minimum Gasteiger partial charge on any atom is -0.493 e. The van der Waals surface area contributed by atoms with Gasteiger partial charge in [0.1, 0.15) is 6.61 Å². The molecule has 0 radical (unpaired) electrons. The van der Waals surface area contributed by atoms with Gasteiger partial charge in [-0.1, -0.05) is 83.1 Å². The summed E-state index contributed by atoms with van der Waals surface area (Å²) in [7, 11) is 1.61. The molecule has 188 valence electrons.